The van der Waals surface area contributed by atoms with Crippen molar-refractivity contribution in [3.8, 4) is 5.69 Å². The van der Waals surface area contributed by atoms with E-state index in [2.05, 4.69) is 5.10 Å². The Labute approximate surface area is 168 Å². The maximum atomic E-state index is 12.9. The molecular formula is C22H22BN3O3. The maximum absolute atomic E-state index is 12.9. The van der Waals surface area contributed by atoms with Gasteiger partial charge in [0.05, 0.1) is 16.9 Å². The highest BCUT2D eigenvalue weighted by Crippen LogP contribution is 2.36. The van der Waals surface area contributed by atoms with Crippen molar-refractivity contribution in [1.29, 1.82) is 0 Å². The molecule has 0 bridgehead atoms. The molecule has 0 N–H and O–H groups in total. The van der Waals surface area contributed by atoms with Crippen LogP contribution in [0, 0.1) is 0 Å². The monoisotopic (exact) mass is 387 g/mol. The van der Waals surface area contributed by atoms with E-state index in [0.717, 1.165) is 16.2 Å². The molecule has 1 fully saturated rings. The first kappa shape index (κ1) is 18.2. The van der Waals surface area contributed by atoms with Gasteiger partial charge in [0.15, 0.2) is 5.65 Å². The average Bonchev–Trinajstić information content (AvgIpc) is 3.15. The van der Waals surface area contributed by atoms with Crippen molar-refractivity contribution in [3.63, 3.8) is 0 Å². The molecule has 0 atom stereocenters. The summed E-state index contributed by atoms with van der Waals surface area (Å²) in [5.74, 6) is 0. The van der Waals surface area contributed by atoms with Crippen LogP contribution in [-0.2, 0) is 9.31 Å². The highest BCUT2D eigenvalue weighted by atomic mass is 16.7. The van der Waals surface area contributed by atoms with Crippen LogP contribution in [0.1, 0.15) is 27.7 Å². The van der Waals surface area contributed by atoms with E-state index in [9.17, 15) is 4.79 Å². The van der Waals surface area contributed by atoms with Gasteiger partial charge in [0, 0.05) is 11.6 Å². The summed E-state index contributed by atoms with van der Waals surface area (Å²) < 4.78 is 15.2. The summed E-state index contributed by atoms with van der Waals surface area (Å²) in [5, 5.41) is 6.58. The quantitative estimate of drug-likeness (QED) is 0.497. The molecule has 1 aliphatic rings. The minimum absolute atomic E-state index is 0.200. The van der Waals surface area contributed by atoms with Gasteiger partial charge in [0.2, 0.25) is 0 Å². The van der Waals surface area contributed by atoms with E-state index in [1.165, 1.54) is 4.68 Å². The van der Waals surface area contributed by atoms with Gasteiger partial charge in [-0.1, -0.05) is 36.4 Å². The molecule has 0 saturated carbocycles. The van der Waals surface area contributed by atoms with Crippen LogP contribution < -0.4 is 11.2 Å². The second kappa shape index (κ2) is 6.05. The standard InChI is InChI=1S/C22H22BN3O3/c1-21(2)22(3,4)29-23(28-21)16-9-11-17(12-10-16)26-20(27)25-14-13-15-7-5-6-8-18(15)19(25)24-26/h5-14H,1-4H3. The smallest absolute Gasteiger partial charge is 0.399 e. The number of fused-ring (bicyclic) bond motifs is 3. The van der Waals surface area contributed by atoms with Crippen LogP contribution in [0.2, 0.25) is 0 Å². The van der Waals surface area contributed by atoms with Gasteiger partial charge in [-0.05, 0) is 56.7 Å². The van der Waals surface area contributed by atoms with Crippen molar-refractivity contribution in [2.75, 3.05) is 0 Å². The van der Waals surface area contributed by atoms with Crippen LogP contribution in [0.15, 0.2) is 65.6 Å². The molecule has 3 heterocycles. The Morgan fingerprint density at radius 1 is 0.897 bits per heavy atom. The van der Waals surface area contributed by atoms with Crippen molar-refractivity contribution >= 4 is 29.0 Å². The minimum atomic E-state index is -0.434. The van der Waals surface area contributed by atoms with Crippen LogP contribution >= 0.6 is 0 Å². The van der Waals surface area contributed by atoms with Gasteiger partial charge < -0.3 is 9.31 Å². The van der Waals surface area contributed by atoms with Crippen LogP contribution in [0.3, 0.4) is 0 Å². The van der Waals surface area contributed by atoms with E-state index >= 15 is 0 Å². The van der Waals surface area contributed by atoms with E-state index < -0.39 is 18.3 Å². The first-order valence-electron chi connectivity index (χ1n) is 9.72. The Bertz CT molecular complexity index is 1270. The molecule has 0 amide bonds. The molecule has 2 aromatic carbocycles. The minimum Gasteiger partial charge on any atom is -0.399 e. The number of rotatable bonds is 2. The largest absolute Gasteiger partial charge is 0.494 e. The van der Waals surface area contributed by atoms with E-state index in [4.69, 9.17) is 9.31 Å². The SMILES string of the molecule is CC1(C)OB(c2ccc(-n3nc4c5ccccc5ccn4c3=O)cc2)OC1(C)C. The zero-order chi connectivity index (χ0) is 20.4. The molecule has 0 spiro atoms. The molecule has 1 aliphatic heterocycles. The van der Waals surface area contributed by atoms with Crippen molar-refractivity contribution in [1.82, 2.24) is 14.2 Å². The van der Waals surface area contributed by atoms with E-state index in [1.807, 2.05) is 82.3 Å². The third-order valence-electron chi connectivity index (χ3n) is 6.08. The van der Waals surface area contributed by atoms with Gasteiger partial charge in [-0.2, -0.15) is 4.68 Å². The number of hydrogen-bond acceptors (Lipinski definition) is 4. The Balaban J connectivity index is 1.54. The predicted octanol–water partition coefficient (Wildman–Crippen LogP) is 2.94. The van der Waals surface area contributed by atoms with Crippen LogP contribution in [0.25, 0.3) is 22.1 Å². The third kappa shape index (κ3) is 2.73. The Morgan fingerprint density at radius 3 is 2.24 bits per heavy atom. The highest BCUT2D eigenvalue weighted by Gasteiger charge is 2.51. The molecule has 0 aliphatic carbocycles. The number of nitrogens with zero attached hydrogens (tertiary/aromatic N) is 3. The summed E-state index contributed by atoms with van der Waals surface area (Å²) in [5.41, 5.74) is 1.27. The van der Waals surface area contributed by atoms with Gasteiger partial charge in [0.1, 0.15) is 0 Å². The van der Waals surface area contributed by atoms with Gasteiger partial charge >= 0.3 is 12.8 Å². The second-order valence-corrected chi connectivity index (χ2v) is 8.47. The molecule has 5 rings (SSSR count). The Hall–Kier alpha value is -2.90. The van der Waals surface area contributed by atoms with E-state index in [0.29, 0.717) is 11.3 Å². The molecule has 146 valence electrons. The molecule has 4 aromatic rings. The van der Waals surface area contributed by atoms with Crippen LogP contribution in [0.4, 0.5) is 0 Å². The van der Waals surface area contributed by atoms with Gasteiger partial charge in [0.25, 0.3) is 0 Å². The normalized spacial score (nSPS) is 18.0. The van der Waals surface area contributed by atoms with Gasteiger partial charge in [-0.3, -0.25) is 0 Å². The average molecular weight is 387 g/mol. The summed E-state index contributed by atoms with van der Waals surface area (Å²) >= 11 is 0. The van der Waals surface area contributed by atoms with Crippen molar-refractivity contribution < 1.29 is 9.31 Å². The van der Waals surface area contributed by atoms with Crippen molar-refractivity contribution in [2.24, 2.45) is 0 Å². The second-order valence-electron chi connectivity index (χ2n) is 8.47. The topological polar surface area (TPSA) is 57.8 Å². The number of benzene rings is 2. The lowest BCUT2D eigenvalue weighted by Crippen LogP contribution is -2.41. The lowest BCUT2D eigenvalue weighted by molar-refractivity contribution is 0.00578. The fourth-order valence-corrected chi connectivity index (χ4v) is 3.62. The fourth-order valence-electron chi connectivity index (χ4n) is 3.62. The molecule has 2 aromatic heterocycles. The Kier molecular flexibility index (Phi) is 3.79. The molecule has 7 heteroatoms. The van der Waals surface area contributed by atoms with E-state index in [1.54, 1.807) is 10.6 Å². The third-order valence-corrected chi connectivity index (χ3v) is 6.08. The number of aromatic nitrogens is 3. The van der Waals surface area contributed by atoms with Crippen molar-refractivity contribution in [3.05, 3.63) is 71.3 Å². The van der Waals surface area contributed by atoms with Gasteiger partial charge in [-0.15, -0.1) is 5.10 Å². The molecule has 0 unspecified atom stereocenters. The first-order chi connectivity index (χ1) is 13.8. The van der Waals surface area contributed by atoms with Crippen molar-refractivity contribution in [2.45, 2.75) is 38.9 Å². The molecule has 1 saturated heterocycles. The van der Waals surface area contributed by atoms with E-state index in [-0.39, 0.29) is 5.69 Å². The summed E-state index contributed by atoms with van der Waals surface area (Å²) in [6, 6.07) is 17.4. The molecular weight excluding hydrogens is 365 g/mol. The summed E-state index contributed by atoms with van der Waals surface area (Å²) in [7, 11) is -0.434. The maximum Gasteiger partial charge on any atom is 0.494 e. The first-order valence-corrected chi connectivity index (χ1v) is 9.72. The zero-order valence-corrected chi connectivity index (χ0v) is 16.9. The summed E-state index contributed by atoms with van der Waals surface area (Å²) in [6.45, 7) is 8.12. The molecule has 29 heavy (non-hydrogen) atoms. The molecule has 6 nitrogen and oxygen atoms in total. The number of hydrogen-bond donors (Lipinski definition) is 0. The zero-order valence-electron chi connectivity index (χ0n) is 16.9. The van der Waals surface area contributed by atoms with Crippen LogP contribution in [-0.4, -0.2) is 32.5 Å². The van der Waals surface area contributed by atoms with Gasteiger partial charge in [-0.25, -0.2) is 9.20 Å². The predicted molar refractivity (Wildman–Crippen MR) is 114 cm³/mol. The fraction of sp³-hybridized carbons (Fsp3) is 0.273. The highest BCUT2D eigenvalue weighted by molar-refractivity contribution is 6.62. The lowest BCUT2D eigenvalue weighted by atomic mass is 9.79. The summed E-state index contributed by atoms with van der Waals surface area (Å²) in [4.78, 5) is 12.9. The molecule has 0 radical (unpaired) electrons. The number of pyridine rings is 1. The summed E-state index contributed by atoms with van der Waals surface area (Å²) in [6.07, 6.45) is 1.77. The lowest BCUT2D eigenvalue weighted by Gasteiger charge is -2.32. The Morgan fingerprint density at radius 2 is 1.55 bits per heavy atom. The van der Waals surface area contributed by atoms with Crippen LogP contribution in [0.5, 0.6) is 0 Å².